The van der Waals surface area contributed by atoms with Gasteiger partial charge in [0.15, 0.2) is 0 Å². The second kappa shape index (κ2) is 4.46. The number of rotatable bonds is 3. The lowest BCUT2D eigenvalue weighted by atomic mass is 9.94. The van der Waals surface area contributed by atoms with Crippen molar-refractivity contribution in [1.29, 1.82) is 0 Å². The van der Waals surface area contributed by atoms with E-state index in [-0.39, 0.29) is 6.61 Å². The Balaban J connectivity index is 2.22. The van der Waals surface area contributed by atoms with Gasteiger partial charge in [-0.05, 0) is 25.9 Å². The Morgan fingerprint density at radius 3 is 2.36 bits per heavy atom. The van der Waals surface area contributed by atoms with Crippen LogP contribution in [0.15, 0.2) is 0 Å². The molecule has 3 nitrogen and oxygen atoms in total. The Labute approximate surface area is 80.2 Å². The van der Waals surface area contributed by atoms with Gasteiger partial charge in [0.25, 0.3) is 0 Å². The van der Waals surface area contributed by atoms with Crippen LogP contribution in [0.5, 0.6) is 0 Å². The van der Waals surface area contributed by atoms with Crippen molar-refractivity contribution >= 4 is 0 Å². The zero-order valence-electron chi connectivity index (χ0n) is 7.73. The summed E-state index contributed by atoms with van der Waals surface area (Å²) >= 11 is 0. The standard InChI is InChI=1S/C8H14F3NO2/c9-8(10,11)6-14-5-7(13)1-3-12-4-2-7/h12-13H,1-6H2. The molecule has 14 heavy (non-hydrogen) atoms. The van der Waals surface area contributed by atoms with E-state index in [1.54, 1.807) is 0 Å². The molecule has 2 N–H and O–H groups in total. The van der Waals surface area contributed by atoms with E-state index >= 15 is 0 Å². The van der Waals surface area contributed by atoms with Crippen LogP contribution >= 0.6 is 0 Å². The summed E-state index contributed by atoms with van der Waals surface area (Å²) in [5, 5.41) is 12.7. The Morgan fingerprint density at radius 1 is 1.29 bits per heavy atom. The lowest BCUT2D eigenvalue weighted by Crippen LogP contribution is -2.45. The van der Waals surface area contributed by atoms with Gasteiger partial charge in [-0.1, -0.05) is 0 Å². The molecule has 0 aromatic carbocycles. The normalized spacial score (nSPS) is 22.3. The summed E-state index contributed by atoms with van der Waals surface area (Å²) in [6, 6.07) is 0. The molecule has 0 aromatic heterocycles. The molecule has 0 saturated carbocycles. The average molecular weight is 213 g/mol. The van der Waals surface area contributed by atoms with Gasteiger partial charge in [-0.2, -0.15) is 13.2 Å². The Bertz CT molecular complexity index is 178. The predicted octanol–water partition coefficient (Wildman–Crippen LogP) is 0.680. The average Bonchev–Trinajstić information content (AvgIpc) is 2.02. The van der Waals surface area contributed by atoms with Crippen LogP contribution in [0, 0.1) is 0 Å². The fraction of sp³-hybridized carbons (Fsp3) is 1.00. The molecule has 0 aliphatic carbocycles. The summed E-state index contributed by atoms with van der Waals surface area (Å²) in [6.07, 6.45) is -3.45. The number of ether oxygens (including phenoxy) is 1. The van der Waals surface area contributed by atoms with Crippen molar-refractivity contribution in [3.63, 3.8) is 0 Å². The van der Waals surface area contributed by atoms with Crippen molar-refractivity contribution in [2.75, 3.05) is 26.3 Å². The van der Waals surface area contributed by atoms with Crippen LogP contribution in [-0.4, -0.2) is 43.2 Å². The Kier molecular flexibility index (Phi) is 3.74. The molecule has 0 unspecified atom stereocenters. The summed E-state index contributed by atoms with van der Waals surface area (Å²) in [5.74, 6) is 0. The Morgan fingerprint density at radius 2 is 1.86 bits per heavy atom. The van der Waals surface area contributed by atoms with E-state index in [9.17, 15) is 18.3 Å². The van der Waals surface area contributed by atoms with Crippen LogP contribution in [0.2, 0.25) is 0 Å². The molecule has 0 spiro atoms. The number of hydrogen-bond acceptors (Lipinski definition) is 3. The van der Waals surface area contributed by atoms with Crippen molar-refractivity contribution in [1.82, 2.24) is 5.32 Å². The molecule has 1 aliphatic rings. The number of piperidine rings is 1. The molecular formula is C8H14F3NO2. The first-order valence-electron chi connectivity index (χ1n) is 4.49. The highest BCUT2D eigenvalue weighted by Crippen LogP contribution is 2.20. The third kappa shape index (κ3) is 4.26. The molecular weight excluding hydrogens is 199 g/mol. The predicted molar refractivity (Wildman–Crippen MR) is 43.9 cm³/mol. The summed E-state index contributed by atoms with van der Waals surface area (Å²) in [7, 11) is 0. The van der Waals surface area contributed by atoms with Crippen LogP contribution < -0.4 is 5.32 Å². The molecule has 84 valence electrons. The van der Waals surface area contributed by atoms with Crippen LogP contribution in [0.4, 0.5) is 13.2 Å². The minimum Gasteiger partial charge on any atom is -0.387 e. The minimum atomic E-state index is -4.32. The fourth-order valence-electron chi connectivity index (χ4n) is 1.39. The molecule has 1 rings (SSSR count). The molecule has 0 amide bonds. The molecule has 1 saturated heterocycles. The summed E-state index contributed by atoms with van der Waals surface area (Å²) in [4.78, 5) is 0. The highest BCUT2D eigenvalue weighted by Gasteiger charge is 2.33. The molecule has 1 heterocycles. The van der Waals surface area contributed by atoms with Gasteiger partial charge in [0.1, 0.15) is 6.61 Å². The second-order valence-corrected chi connectivity index (χ2v) is 3.58. The van der Waals surface area contributed by atoms with Gasteiger partial charge in [0.05, 0.1) is 12.2 Å². The zero-order valence-corrected chi connectivity index (χ0v) is 7.73. The SMILES string of the molecule is OC1(COCC(F)(F)F)CCNCC1. The van der Waals surface area contributed by atoms with E-state index in [0.29, 0.717) is 25.9 Å². The van der Waals surface area contributed by atoms with Crippen molar-refractivity contribution in [3.8, 4) is 0 Å². The molecule has 0 aromatic rings. The lowest BCUT2D eigenvalue weighted by molar-refractivity contribution is -0.188. The van der Waals surface area contributed by atoms with Gasteiger partial charge >= 0.3 is 6.18 Å². The maximum atomic E-state index is 11.7. The number of nitrogens with one attached hydrogen (secondary N) is 1. The summed E-state index contributed by atoms with van der Waals surface area (Å²) < 4.78 is 39.6. The highest BCUT2D eigenvalue weighted by molar-refractivity contribution is 4.83. The van der Waals surface area contributed by atoms with Gasteiger partial charge in [0, 0.05) is 0 Å². The second-order valence-electron chi connectivity index (χ2n) is 3.58. The van der Waals surface area contributed by atoms with Gasteiger partial charge in [0.2, 0.25) is 0 Å². The molecule has 1 fully saturated rings. The third-order valence-corrected chi connectivity index (χ3v) is 2.17. The largest absolute Gasteiger partial charge is 0.411 e. The summed E-state index contributed by atoms with van der Waals surface area (Å²) in [5.41, 5.74) is -1.09. The quantitative estimate of drug-likeness (QED) is 0.724. The minimum absolute atomic E-state index is 0.242. The molecule has 0 bridgehead atoms. The topological polar surface area (TPSA) is 41.5 Å². The van der Waals surface area contributed by atoms with Crippen molar-refractivity contribution in [2.24, 2.45) is 0 Å². The smallest absolute Gasteiger partial charge is 0.387 e. The molecule has 0 atom stereocenters. The van der Waals surface area contributed by atoms with Crippen molar-refractivity contribution in [3.05, 3.63) is 0 Å². The van der Waals surface area contributed by atoms with E-state index in [2.05, 4.69) is 10.1 Å². The van der Waals surface area contributed by atoms with Crippen molar-refractivity contribution < 1.29 is 23.0 Å². The number of alkyl halides is 3. The molecule has 1 aliphatic heterocycles. The van der Waals surface area contributed by atoms with Gasteiger partial charge in [-0.3, -0.25) is 0 Å². The van der Waals surface area contributed by atoms with E-state index in [0.717, 1.165) is 0 Å². The van der Waals surface area contributed by atoms with E-state index in [1.807, 2.05) is 0 Å². The molecule has 0 radical (unpaired) electrons. The molecule has 6 heteroatoms. The number of halogens is 3. The maximum absolute atomic E-state index is 11.7. The first-order chi connectivity index (χ1) is 6.41. The van der Waals surface area contributed by atoms with E-state index < -0.39 is 18.4 Å². The number of hydrogen-bond donors (Lipinski definition) is 2. The van der Waals surface area contributed by atoms with Gasteiger partial charge in [-0.15, -0.1) is 0 Å². The first-order valence-corrected chi connectivity index (χ1v) is 4.49. The fourth-order valence-corrected chi connectivity index (χ4v) is 1.39. The van der Waals surface area contributed by atoms with Gasteiger partial charge < -0.3 is 15.2 Å². The highest BCUT2D eigenvalue weighted by atomic mass is 19.4. The maximum Gasteiger partial charge on any atom is 0.411 e. The summed E-state index contributed by atoms with van der Waals surface area (Å²) in [6.45, 7) is -0.297. The van der Waals surface area contributed by atoms with E-state index in [4.69, 9.17) is 0 Å². The van der Waals surface area contributed by atoms with Crippen molar-refractivity contribution in [2.45, 2.75) is 24.6 Å². The number of aliphatic hydroxyl groups is 1. The van der Waals surface area contributed by atoms with Crippen LogP contribution in [0.3, 0.4) is 0 Å². The van der Waals surface area contributed by atoms with Crippen LogP contribution in [-0.2, 0) is 4.74 Å². The third-order valence-electron chi connectivity index (χ3n) is 2.17. The van der Waals surface area contributed by atoms with E-state index in [1.165, 1.54) is 0 Å². The van der Waals surface area contributed by atoms with Crippen LogP contribution in [0.1, 0.15) is 12.8 Å². The zero-order chi connectivity index (χ0) is 10.7. The van der Waals surface area contributed by atoms with Crippen LogP contribution in [0.25, 0.3) is 0 Å². The Hall–Kier alpha value is -0.330. The van der Waals surface area contributed by atoms with Gasteiger partial charge in [-0.25, -0.2) is 0 Å². The monoisotopic (exact) mass is 213 g/mol. The lowest BCUT2D eigenvalue weighted by Gasteiger charge is -2.32. The first kappa shape index (κ1) is 11.7.